The average molecular weight is 362 g/mol. The third-order valence-corrected chi connectivity index (χ3v) is 5.57. The number of nitrogens with one attached hydrogen (secondary N) is 1. The van der Waals surface area contributed by atoms with E-state index in [4.69, 9.17) is 4.98 Å². The van der Waals surface area contributed by atoms with Crippen molar-refractivity contribution in [3.05, 3.63) is 47.9 Å². The molecule has 0 saturated heterocycles. The van der Waals surface area contributed by atoms with E-state index in [1.165, 1.54) is 0 Å². The fourth-order valence-electron chi connectivity index (χ4n) is 4.02. The van der Waals surface area contributed by atoms with Crippen molar-refractivity contribution >= 4 is 33.6 Å². The smallest absolute Gasteiger partial charge is 0.142 e. The number of aliphatic hydroxyl groups excluding tert-OH is 1. The Kier molecular flexibility index (Phi) is 3.50. The highest BCUT2D eigenvalue weighted by atomic mass is 16.3. The van der Waals surface area contributed by atoms with Crippen LogP contribution < -0.4 is 5.32 Å². The summed E-state index contributed by atoms with van der Waals surface area (Å²) < 4.78 is 4.11. The fraction of sp³-hybridized carbons (Fsp3) is 0.300. The molecule has 0 spiro atoms. The Labute approximate surface area is 156 Å². The summed E-state index contributed by atoms with van der Waals surface area (Å²) in [5.74, 6) is 0.782. The van der Waals surface area contributed by atoms with Gasteiger partial charge in [-0.15, -0.1) is 0 Å². The van der Waals surface area contributed by atoms with Crippen LogP contribution in [0, 0.1) is 0 Å². The van der Waals surface area contributed by atoms with Gasteiger partial charge >= 0.3 is 0 Å². The van der Waals surface area contributed by atoms with E-state index < -0.39 is 6.23 Å². The molecular weight excluding hydrogens is 340 g/mol. The molecule has 0 bridgehead atoms. The van der Waals surface area contributed by atoms with Crippen LogP contribution in [0.2, 0.25) is 0 Å². The van der Waals surface area contributed by atoms with Gasteiger partial charge in [0.15, 0.2) is 0 Å². The van der Waals surface area contributed by atoms with Gasteiger partial charge in [0.1, 0.15) is 17.7 Å². The van der Waals surface area contributed by atoms with Gasteiger partial charge in [-0.3, -0.25) is 4.90 Å². The SMILES string of the molecule is CN1CCc2c(c3ccc(Nc4ccc5ncn(C)c5c4)nc3n2C)C1O. The molecule has 0 fully saturated rings. The lowest BCUT2D eigenvalue weighted by atomic mass is 10.0. The number of hydrogen-bond donors (Lipinski definition) is 2. The summed E-state index contributed by atoms with van der Waals surface area (Å²) >= 11 is 0. The van der Waals surface area contributed by atoms with Crippen molar-refractivity contribution in [1.29, 1.82) is 0 Å². The largest absolute Gasteiger partial charge is 0.374 e. The van der Waals surface area contributed by atoms with Crippen molar-refractivity contribution in [3.8, 4) is 0 Å². The number of rotatable bonds is 2. The molecule has 1 unspecified atom stereocenters. The van der Waals surface area contributed by atoms with E-state index in [-0.39, 0.29) is 0 Å². The predicted octanol–water partition coefficient (Wildman–Crippen LogP) is 2.68. The Morgan fingerprint density at radius 2 is 2.00 bits per heavy atom. The van der Waals surface area contributed by atoms with E-state index in [0.717, 1.165) is 57.8 Å². The van der Waals surface area contributed by atoms with Crippen LogP contribution >= 0.6 is 0 Å². The van der Waals surface area contributed by atoms with E-state index in [1.54, 1.807) is 0 Å². The van der Waals surface area contributed by atoms with Gasteiger partial charge in [0.05, 0.1) is 17.4 Å². The van der Waals surface area contributed by atoms with Crippen LogP contribution in [0.3, 0.4) is 0 Å². The van der Waals surface area contributed by atoms with Gasteiger partial charge in [0, 0.05) is 49.4 Å². The second-order valence-corrected chi connectivity index (χ2v) is 7.28. The lowest BCUT2D eigenvalue weighted by molar-refractivity contribution is 0.0133. The molecule has 0 aliphatic carbocycles. The zero-order valence-electron chi connectivity index (χ0n) is 15.6. The second-order valence-electron chi connectivity index (χ2n) is 7.28. The summed E-state index contributed by atoms with van der Waals surface area (Å²) in [6.07, 6.45) is 2.15. The molecule has 0 saturated carbocycles. The molecule has 0 radical (unpaired) electrons. The number of benzene rings is 1. The summed E-state index contributed by atoms with van der Waals surface area (Å²) in [4.78, 5) is 11.2. The Balaban J connectivity index is 1.56. The third-order valence-electron chi connectivity index (χ3n) is 5.57. The molecular formula is C20H22N6O. The molecule has 7 heteroatoms. The first-order chi connectivity index (χ1) is 13.0. The average Bonchev–Trinajstić information content (AvgIpc) is 3.17. The minimum atomic E-state index is -0.578. The van der Waals surface area contributed by atoms with Crippen LogP contribution in [0.5, 0.6) is 0 Å². The number of aryl methyl sites for hydroxylation is 2. The topological polar surface area (TPSA) is 71.1 Å². The summed E-state index contributed by atoms with van der Waals surface area (Å²) in [5, 5.41) is 15.0. The van der Waals surface area contributed by atoms with Crippen molar-refractivity contribution < 1.29 is 5.11 Å². The first-order valence-electron chi connectivity index (χ1n) is 9.07. The molecule has 1 aliphatic rings. The van der Waals surface area contributed by atoms with Crippen LogP contribution in [0.1, 0.15) is 17.5 Å². The maximum atomic E-state index is 10.6. The first-order valence-corrected chi connectivity index (χ1v) is 9.07. The van der Waals surface area contributed by atoms with Gasteiger partial charge < -0.3 is 19.6 Å². The zero-order valence-corrected chi connectivity index (χ0v) is 15.6. The highest BCUT2D eigenvalue weighted by molar-refractivity contribution is 5.85. The summed E-state index contributed by atoms with van der Waals surface area (Å²) in [5.41, 5.74) is 6.05. The van der Waals surface area contributed by atoms with Crippen LogP contribution in [0.25, 0.3) is 22.1 Å². The van der Waals surface area contributed by atoms with E-state index in [9.17, 15) is 5.11 Å². The highest BCUT2D eigenvalue weighted by Gasteiger charge is 2.29. The number of likely N-dealkylation sites (N-methyl/N-ethyl adjacent to an activating group) is 1. The number of imidazole rings is 1. The van der Waals surface area contributed by atoms with Crippen molar-refractivity contribution in [3.63, 3.8) is 0 Å². The summed E-state index contributed by atoms with van der Waals surface area (Å²) in [6, 6.07) is 10.1. The number of aromatic nitrogens is 4. The maximum Gasteiger partial charge on any atom is 0.142 e. The van der Waals surface area contributed by atoms with Crippen molar-refractivity contribution in [2.24, 2.45) is 14.1 Å². The van der Waals surface area contributed by atoms with Crippen LogP contribution in [0.15, 0.2) is 36.7 Å². The number of pyridine rings is 1. The van der Waals surface area contributed by atoms with E-state index in [2.05, 4.69) is 27.0 Å². The molecule has 4 aromatic rings. The number of nitrogens with zero attached hydrogens (tertiary/aromatic N) is 5. The van der Waals surface area contributed by atoms with Crippen LogP contribution in [-0.4, -0.2) is 42.7 Å². The highest BCUT2D eigenvalue weighted by Crippen LogP contribution is 2.35. The van der Waals surface area contributed by atoms with Crippen molar-refractivity contribution in [2.75, 3.05) is 18.9 Å². The van der Waals surface area contributed by atoms with Gasteiger partial charge in [-0.25, -0.2) is 9.97 Å². The molecule has 1 aliphatic heterocycles. The van der Waals surface area contributed by atoms with Gasteiger partial charge in [-0.1, -0.05) is 0 Å². The molecule has 0 amide bonds. The third kappa shape index (κ3) is 2.43. The predicted molar refractivity (Wildman–Crippen MR) is 106 cm³/mol. The minimum absolute atomic E-state index is 0.578. The molecule has 3 aromatic heterocycles. The summed E-state index contributed by atoms with van der Waals surface area (Å²) in [6.45, 7) is 0.841. The van der Waals surface area contributed by atoms with Gasteiger partial charge in [-0.05, 0) is 37.4 Å². The maximum absolute atomic E-state index is 10.6. The fourth-order valence-corrected chi connectivity index (χ4v) is 4.02. The zero-order chi connectivity index (χ0) is 18.7. The van der Waals surface area contributed by atoms with E-state index in [0.29, 0.717) is 0 Å². The number of fused-ring (bicyclic) bond motifs is 4. The van der Waals surface area contributed by atoms with E-state index in [1.807, 2.05) is 55.1 Å². The van der Waals surface area contributed by atoms with Crippen molar-refractivity contribution in [2.45, 2.75) is 12.6 Å². The lowest BCUT2D eigenvalue weighted by Crippen LogP contribution is -2.32. The molecule has 2 N–H and O–H groups in total. The van der Waals surface area contributed by atoms with E-state index >= 15 is 0 Å². The van der Waals surface area contributed by atoms with Gasteiger partial charge in [0.25, 0.3) is 0 Å². The molecule has 4 heterocycles. The molecule has 1 aromatic carbocycles. The Morgan fingerprint density at radius 3 is 2.85 bits per heavy atom. The Bertz CT molecular complexity index is 1170. The first kappa shape index (κ1) is 16.3. The lowest BCUT2D eigenvalue weighted by Gasteiger charge is -2.29. The second kappa shape index (κ2) is 5.80. The molecule has 27 heavy (non-hydrogen) atoms. The number of hydrogen-bond acceptors (Lipinski definition) is 5. The van der Waals surface area contributed by atoms with Gasteiger partial charge in [0.2, 0.25) is 0 Å². The van der Waals surface area contributed by atoms with Crippen LogP contribution in [0.4, 0.5) is 11.5 Å². The monoisotopic (exact) mass is 362 g/mol. The van der Waals surface area contributed by atoms with Gasteiger partial charge in [-0.2, -0.15) is 0 Å². The van der Waals surface area contributed by atoms with Crippen molar-refractivity contribution in [1.82, 2.24) is 24.0 Å². The molecule has 7 nitrogen and oxygen atoms in total. The standard InChI is InChI=1S/C20H22N6O/c1-24-9-8-15-18(20(24)27)13-5-7-17(23-19(13)26(15)3)22-12-4-6-14-16(10-12)25(2)11-21-14/h4-7,10-11,20,27H,8-9H2,1-3H3,(H,22,23). The minimum Gasteiger partial charge on any atom is -0.374 e. The Morgan fingerprint density at radius 1 is 1.15 bits per heavy atom. The molecule has 138 valence electrons. The number of aliphatic hydroxyl groups is 1. The quantitative estimate of drug-likeness (QED) is 0.574. The molecule has 1 atom stereocenters. The summed E-state index contributed by atoms with van der Waals surface area (Å²) in [7, 11) is 5.96. The van der Waals surface area contributed by atoms with Crippen LogP contribution in [-0.2, 0) is 20.5 Å². The number of anilines is 2. The normalized spacial score (nSPS) is 17.6. The molecule has 5 rings (SSSR count). The Hall–Kier alpha value is -2.90.